The van der Waals surface area contributed by atoms with Gasteiger partial charge in [0.25, 0.3) is 5.56 Å². The number of nitrogens with zero attached hydrogens (tertiary/aromatic N) is 1. The number of aromatic nitrogens is 1. The highest BCUT2D eigenvalue weighted by atomic mass is 16.5. The summed E-state index contributed by atoms with van der Waals surface area (Å²) in [5, 5.41) is 0.867. The topological polar surface area (TPSA) is 48.3 Å². The summed E-state index contributed by atoms with van der Waals surface area (Å²) in [4.78, 5) is 23.8. The van der Waals surface area contributed by atoms with Crippen LogP contribution in [0.25, 0.3) is 10.9 Å². The predicted octanol–water partition coefficient (Wildman–Crippen LogP) is 2.20. The molecule has 0 aliphatic rings. The molecule has 0 atom stereocenters. The lowest BCUT2D eigenvalue weighted by Crippen LogP contribution is -2.27. The fraction of sp³-hybridized carbons (Fsp3) is 0.286. The second kappa shape index (κ2) is 5.04. The number of carbonyl (C=O) groups excluding carboxylic acids is 1. The van der Waals surface area contributed by atoms with Crippen LogP contribution in [0.1, 0.15) is 23.7 Å². The fourth-order valence-corrected chi connectivity index (χ4v) is 2.03. The summed E-state index contributed by atoms with van der Waals surface area (Å²) < 4.78 is 6.27. The number of methoxy groups -OCH3 is 1. The minimum atomic E-state index is -0.587. The Hall–Kier alpha value is -2.10. The molecule has 0 bridgehead atoms. The van der Waals surface area contributed by atoms with Gasteiger partial charge in [0.2, 0.25) is 0 Å². The molecular formula is C14H15NO3. The summed E-state index contributed by atoms with van der Waals surface area (Å²) in [6.45, 7) is 2.58. The normalized spacial score (nSPS) is 10.6. The lowest BCUT2D eigenvalue weighted by Gasteiger charge is -2.11. The average Bonchev–Trinajstić information content (AvgIpc) is 2.41. The van der Waals surface area contributed by atoms with Crippen molar-refractivity contribution in [2.75, 3.05) is 7.11 Å². The van der Waals surface area contributed by atoms with Crippen LogP contribution in [0.2, 0.25) is 0 Å². The Morgan fingerprint density at radius 1 is 1.33 bits per heavy atom. The molecule has 94 valence electrons. The van der Waals surface area contributed by atoms with E-state index in [0.29, 0.717) is 6.54 Å². The molecule has 1 aromatic carbocycles. The number of fused-ring (bicyclic) bond motifs is 1. The molecule has 2 rings (SSSR count). The first-order valence-electron chi connectivity index (χ1n) is 5.90. The predicted molar refractivity (Wildman–Crippen MR) is 69.8 cm³/mol. The minimum Gasteiger partial charge on any atom is -0.465 e. The Kier molecular flexibility index (Phi) is 3.46. The Bertz CT molecular complexity index is 643. The summed E-state index contributed by atoms with van der Waals surface area (Å²) in [5.41, 5.74) is 0.643. The van der Waals surface area contributed by atoms with Gasteiger partial charge in [-0.25, -0.2) is 4.79 Å². The molecular weight excluding hydrogens is 230 g/mol. The van der Waals surface area contributed by atoms with Crippen LogP contribution in [0.3, 0.4) is 0 Å². The third-order valence-electron chi connectivity index (χ3n) is 2.86. The number of esters is 1. The molecule has 0 saturated carbocycles. The van der Waals surface area contributed by atoms with Crippen molar-refractivity contribution in [1.82, 2.24) is 4.57 Å². The van der Waals surface area contributed by atoms with Crippen LogP contribution in [0.5, 0.6) is 0 Å². The molecule has 0 N–H and O–H groups in total. The lowest BCUT2D eigenvalue weighted by atomic mass is 10.1. The maximum atomic E-state index is 12.2. The summed E-state index contributed by atoms with van der Waals surface area (Å²) in [6.07, 6.45) is 0.828. The molecule has 0 saturated heterocycles. The van der Waals surface area contributed by atoms with Crippen LogP contribution in [0.4, 0.5) is 0 Å². The molecule has 0 amide bonds. The SMILES string of the molecule is CCCn1c(=O)c(C(=O)OC)cc2ccccc21. The van der Waals surface area contributed by atoms with Gasteiger partial charge in [0.05, 0.1) is 12.6 Å². The highest BCUT2D eigenvalue weighted by molar-refractivity contribution is 5.93. The zero-order chi connectivity index (χ0) is 13.1. The summed E-state index contributed by atoms with van der Waals surface area (Å²) >= 11 is 0. The van der Waals surface area contributed by atoms with Crippen LogP contribution in [0, 0.1) is 0 Å². The number of rotatable bonds is 3. The van der Waals surface area contributed by atoms with Gasteiger partial charge in [-0.3, -0.25) is 4.79 Å². The van der Waals surface area contributed by atoms with E-state index in [1.54, 1.807) is 10.6 Å². The molecule has 0 fully saturated rings. The lowest BCUT2D eigenvalue weighted by molar-refractivity contribution is 0.0598. The Morgan fingerprint density at radius 2 is 2.06 bits per heavy atom. The van der Waals surface area contributed by atoms with E-state index in [2.05, 4.69) is 4.74 Å². The molecule has 4 nitrogen and oxygen atoms in total. The van der Waals surface area contributed by atoms with Gasteiger partial charge < -0.3 is 9.30 Å². The molecule has 1 heterocycles. The van der Waals surface area contributed by atoms with Crippen molar-refractivity contribution in [2.24, 2.45) is 0 Å². The fourth-order valence-electron chi connectivity index (χ4n) is 2.03. The average molecular weight is 245 g/mol. The number of hydrogen-bond donors (Lipinski definition) is 0. The Labute approximate surface area is 105 Å². The molecule has 4 heteroatoms. The van der Waals surface area contributed by atoms with Gasteiger partial charge in [0.15, 0.2) is 0 Å². The summed E-state index contributed by atoms with van der Waals surface area (Å²) in [5.74, 6) is -0.587. The van der Waals surface area contributed by atoms with E-state index in [-0.39, 0.29) is 11.1 Å². The van der Waals surface area contributed by atoms with Crippen LogP contribution in [0.15, 0.2) is 35.1 Å². The van der Waals surface area contributed by atoms with Crippen LogP contribution in [-0.4, -0.2) is 17.6 Å². The molecule has 0 spiro atoms. The molecule has 2 aromatic rings. The van der Waals surface area contributed by atoms with E-state index in [4.69, 9.17) is 0 Å². The van der Waals surface area contributed by atoms with Gasteiger partial charge in [-0.2, -0.15) is 0 Å². The number of hydrogen-bond acceptors (Lipinski definition) is 3. The van der Waals surface area contributed by atoms with E-state index in [1.165, 1.54) is 7.11 Å². The second-order valence-electron chi connectivity index (χ2n) is 4.07. The molecule has 18 heavy (non-hydrogen) atoms. The van der Waals surface area contributed by atoms with Crippen LogP contribution >= 0.6 is 0 Å². The first-order valence-corrected chi connectivity index (χ1v) is 5.90. The third-order valence-corrected chi connectivity index (χ3v) is 2.86. The number of benzene rings is 1. The molecule has 0 unspecified atom stereocenters. The maximum Gasteiger partial charge on any atom is 0.343 e. The Morgan fingerprint density at radius 3 is 2.72 bits per heavy atom. The number of pyridine rings is 1. The molecule has 0 aliphatic carbocycles. The molecule has 0 aliphatic heterocycles. The monoisotopic (exact) mass is 245 g/mol. The first kappa shape index (κ1) is 12.4. The molecule has 0 radical (unpaired) electrons. The van der Waals surface area contributed by atoms with E-state index in [1.807, 2.05) is 31.2 Å². The highest BCUT2D eigenvalue weighted by Gasteiger charge is 2.15. The van der Waals surface area contributed by atoms with Gasteiger partial charge in [-0.05, 0) is 23.9 Å². The third kappa shape index (κ3) is 2.01. The second-order valence-corrected chi connectivity index (χ2v) is 4.07. The van der Waals surface area contributed by atoms with Crippen LogP contribution in [-0.2, 0) is 11.3 Å². The van der Waals surface area contributed by atoms with E-state index >= 15 is 0 Å². The van der Waals surface area contributed by atoms with Gasteiger partial charge in [-0.1, -0.05) is 25.1 Å². The van der Waals surface area contributed by atoms with Gasteiger partial charge >= 0.3 is 5.97 Å². The number of aryl methyl sites for hydroxylation is 1. The van der Waals surface area contributed by atoms with E-state index in [0.717, 1.165) is 17.3 Å². The van der Waals surface area contributed by atoms with Crippen molar-refractivity contribution in [1.29, 1.82) is 0 Å². The van der Waals surface area contributed by atoms with Gasteiger partial charge in [-0.15, -0.1) is 0 Å². The number of para-hydroxylation sites is 1. The maximum absolute atomic E-state index is 12.2. The van der Waals surface area contributed by atoms with Crippen LogP contribution < -0.4 is 5.56 Å². The zero-order valence-corrected chi connectivity index (χ0v) is 10.5. The largest absolute Gasteiger partial charge is 0.465 e. The highest BCUT2D eigenvalue weighted by Crippen LogP contribution is 2.14. The van der Waals surface area contributed by atoms with Gasteiger partial charge in [0.1, 0.15) is 5.56 Å². The van der Waals surface area contributed by atoms with Gasteiger partial charge in [0, 0.05) is 6.54 Å². The van der Waals surface area contributed by atoms with Crippen molar-refractivity contribution >= 4 is 16.9 Å². The first-order chi connectivity index (χ1) is 8.69. The van der Waals surface area contributed by atoms with Crippen molar-refractivity contribution < 1.29 is 9.53 Å². The standard InChI is InChI=1S/C14H15NO3/c1-3-8-15-12-7-5-4-6-10(12)9-11(13(15)16)14(17)18-2/h4-7,9H,3,8H2,1-2H3. The van der Waals surface area contributed by atoms with Crippen molar-refractivity contribution in [3.63, 3.8) is 0 Å². The number of ether oxygens (including phenoxy) is 1. The van der Waals surface area contributed by atoms with Crippen molar-refractivity contribution in [3.05, 3.63) is 46.2 Å². The molecule has 1 aromatic heterocycles. The van der Waals surface area contributed by atoms with Crippen molar-refractivity contribution in [2.45, 2.75) is 19.9 Å². The minimum absolute atomic E-state index is 0.0876. The van der Waals surface area contributed by atoms with E-state index in [9.17, 15) is 9.59 Å². The number of carbonyl (C=O) groups is 1. The van der Waals surface area contributed by atoms with Crippen molar-refractivity contribution in [3.8, 4) is 0 Å². The zero-order valence-electron chi connectivity index (χ0n) is 10.5. The Balaban J connectivity index is 2.79. The smallest absolute Gasteiger partial charge is 0.343 e. The van der Waals surface area contributed by atoms with E-state index < -0.39 is 5.97 Å². The quantitative estimate of drug-likeness (QED) is 0.779. The summed E-state index contributed by atoms with van der Waals surface area (Å²) in [7, 11) is 1.28. The summed E-state index contributed by atoms with van der Waals surface area (Å²) in [6, 6.07) is 9.12.